The Morgan fingerprint density at radius 3 is 2.58 bits per heavy atom. The fraction of sp³-hybridized carbons (Fsp3) is 0.520. The van der Waals surface area contributed by atoms with E-state index in [4.69, 9.17) is 20.8 Å². The highest BCUT2D eigenvalue weighted by atomic mass is 35.5. The summed E-state index contributed by atoms with van der Waals surface area (Å²) in [6.07, 6.45) is 4.60. The number of halogens is 1. The Kier molecular flexibility index (Phi) is 7.20. The Hall–Kier alpha value is -2.14. The molecule has 0 saturated heterocycles. The first-order chi connectivity index (χ1) is 16.7. The first-order valence-electron chi connectivity index (χ1n) is 11.7. The molecule has 194 valence electrons. The summed E-state index contributed by atoms with van der Waals surface area (Å²) < 4.78 is 28.5. The van der Waals surface area contributed by atoms with Gasteiger partial charge in [0.05, 0.1) is 29.2 Å². The molecule has 1 atom stereocenters. The zero-order valence-electron chi connectivity index (χ0n) is 21.5. The van der Waals surface area contributed by atoms with Crippen LogP contribution in [-0.2, 0) is 28.1 Å². The van der Waals surface area contributed by atoms with E-state index in [2.05, 4.69) is 14.4 Å². The molecule has 1 fully saturated rings. The fourth-order valence-corrected chi connectivity index (χ4v) is 5.90. The number of amides is 1. The van der Waals surface area contributed by atoms with E-state index in [-0.39, 0.29) is 17.2 Å². The van der Waals surface area contributed by atoms with Crippen molar-refractivity contribution >= 4 is 62.6 Å². The molecule has 0 aliphatic heterocycles. The molecule has 11 heteroatoms. The number of carbonyl (C=O) groups excluding carboxylic acids is 1. The van der Waals surface area contributed by atoms with Crippen LogP contribution < -0.4 is 4.90 Å². The topological polar surface area (TPSA) is 104 Å². The third-order valence-corrected chi connectivity index (χ3v) is 8.65. The van der Waals surface area contributed by atoms with Crippen LogP contribution in [0.3, 0.4) is 0 Å². The number of rotatable bonds is 6. The number of aryl methyl sites for hydroxylation is 1. The van der Waals surface area contributed by atoms with Gasteiger partial charge in [-0.05, 0) is 90.6 Å². The van der Waals surface area contributed by atoms with Gasteiger partial charge in [-0.2, -0.15) is 4.98 Å². The molecule has 0 spiro atoms. The molecule has 3 aromatic rings. The monoisotopic (exact) mass is 550 g/mol. The van der Waals surface area contributed by atoms with Crippen molar-refractivity contribution in [1.29, 1.82) is 0 Å². The van der Waals surface area contributed by atoms with Gasteiger partial charge in [-0.15, -0.1) is 11.3 Å². The number of hydrogen-bond donors (Lipinski definition) is 0. The maximum absolute atomic E-state index is 13.3. The molecular formula is C25H31ClN4O4S2. The lowest BCUT2D eigenvalue weighted by Crippen LogP contribution is -2.37. The highest BCUT2D eigenvalue weighted by Gasteiger charge is 2.47. The van der Waals surface area contributed by atoms with E-state index in [1.807, 2.05) is 54.7 Å². The van der Waals surface area contributed by atoms with E-state index in [1.165, 1.54) is 16.2 Å². The lowest BCUT2D eigenvalue weighted by Gasteiger charge is -2.26. The highest BCUT2D eigenvalue weighted by molar-refractivity contribution is 7.91. The van der Waals surface area contributed by atoms with Gasteiger partial charge >= 0.3 is 6.09 Å². The Balaban J connectivity index is 1.81. The zero-order chi connectivity index (χ0) is 26.5. The number of carbonyl (C=O) groups is 1. The molecule has 1 amide bonds. The summed E-state index contributed by atoms with van der Waals surface area (Å²) in [7, 11) is 0. The molecule has 0 aromatic carbocycles. The average Bonchev–Trinajstić information content (AvgIpc) is 3.20. The highest BCUT2D eigenvalue weighted by Crippen LogP contribution is 2.53. The standard InChI is InChI=1S/C25H31ClN4O4S2/c1-15-17-18(35-19(15)25(10-11-25)14-27-36(32)24(5,6)7)20(29-21(26)28-17)30(13-16-9-8-12-33-16)22(31)34-23(2,3)4/h8-9,12,14H,10-11,13H2,1-7H3. The van der Waals surface area contributed by atoms with Crippen molar-refractivity contribution in [3.63, 3.8) is 0 Å². The van der Waals surface area contributed by atoms with Crippen LogP contribution >= 0.6 is 22.9 Å². The van der Waals surface area contributed by atoms with Crippen LogP contribution in [0.25, 0.3) is 10.2 Å². The molecule has 3 aromatic heterocycles. The number of ether oxygens (including phenoxy) is 1. The van der Waals surface area contributed by atoms with Gasteiger partial charge < -0.3 is 13.7 Å². The van der Waals surface area contributed by atoms with Crippen molar-refractivity contribution < 1.29 is 18.5 Å². The van der Waals surface area contributed by atoms with Crippen LogP contribution in [0.2, 0.25) is 5.28 Å². The molecule has 1 aliphatic rings. The predicted octanol–water partition coefficient (Wildman–Crippen LogP) is 6.75. The van der Waals surface area contributed by atoms with E-state index < -0.39 is 27.8 Å². The van der Waals surface area contributed by atoms with Gasteiger partial charge in [0.25, 0.3) is 0 Å². The normalized spacial score (nSPS) is 16.5. The molecule has 3 heterocycles. The molecule has 0 N–H and O–H groups in total. The molecule has 1 aliphatic carbocycles. The van der Waals surface area contributed by atoms with Crippen LogP contribution in [0, 0.1) is 6.92 Å². The molecular weight excluding hydrogens is 520 g/mol. The summed E-state index contributed by atoms with van der Waals surface area (Å²) in [5.74, 6) is 0.939. The second-order valence-corrected chi connectivity index (χ2v) is 14.2. The van der Waals surface area contributed by atoms with Crippen molar-refractivity contribution in [2.75, 3.05) is 4.90 Å². The van der Waals surface area contributed by atoms with Gasteiger partial charge in [-0.1, -0.05) is 4.40 Å². The number of aromatic nitrogens is 2. The third-order valence-electron chi connectivity index (χ3n) is 5.64. The third kappa shape index (κ3) is 5.72. The number of hydrogen-bond acceptors (Lipinski definition) is 8. The zero-order valence-corrected chi connectivity index (χ0v) is 23.9. The molecule has 0 bridgehead atoms. The van der Waals surface area contributed by atoms with Crippen molar-refractivity contribution in [1.82, 2.24) is 9.97 Å². The number of furan rings is 1. The minimum Gasteiger partial charge on any atom is -0.591 e. The minimum atomic E-state index is -1.35. The smallest absolute Gasteiger partial charge is 0.416 e. The van der Waals surface area contributed by atoms with Gasteiger partial charge in [-0.3, -0.25) is 4.90 Å². The van der Waals surface area contributed by atoms with Crippen molar-refractivity contribution in [3.8, 4) is 0 Å². The average molecular weight is 551 g/mol. The lowest BCUT2D eigenvalue weighted by atomic mass is 10.0. The van der Waals surface area contributed by atoms with Gasteiger partial charge in [0.15, 0.2) is 5.82 Å². The van der Waals surface area contributed by atoms with Crippen LogP contribution in [0.1, 0.15) is 70.6 Å². The van der Waals surface area contributed by atoms with E-state index in [0.29, 0.717) is 17.1 Å². The van der Waals surface area contributed by atoms with Gasteiger partial charge in [0.1, 0.15) is 27.5 Å². The number of anilines is 1. The number of fused-ring (bicyclic) bond motifs is 1. The van der Waals surface area contributed by atoms with Crippen molar-refractivity contribution in [2.45, 2.75) is 83.6 Å². The minimum absolute atomic E-state index is 0.0327. The Labute approximate surface area is 223 Å². The lowest BCUT2D eigenvalue weighted by molar-refractivity contribution is 0.0574. The van der Waals surface area contributed by atoms with Gasteiger partial charge in [-0.25, -0.2) is 9.78 Å². The van der Waals surface area contributed by atoms with Crippen LogP contribution in [0.5, 0.6) is 0 Å². The summed E-state index contributed by atoms with van der Waals surface area (Å²) in [5.41, 5.74) is 0.614. The quantitative estimate of drug-likeness (QED) is 0.191. The van der Waals surface area contributed by atoms with Gasteiger partial charge in [0, 0.05) is 10.3 Å². The fourth-order valence-electron chi connectivity index (χ4n) is 3.66. The molecule has 0 radical (unpaired) electrons. The molecule has 1 saturated carbocycles. The summed E-state index contributed by atoms with van der Waals surface area (Å²) in [6.45, 7) is 13.2. The number of thiophene rings is 1. The molecule has 36 heavy (non-hydrogen) atoms. The molecule has 4 rings (SSSR count). The van der Waals surface area contributed by atoms with Gasteiger partial charge in [0.2, 0.25) is 5.28 Å². The van der Waals surface area contributed by atoms with Crippen molar-refractivity contribution in [3.05, 3.63) is 39.9 Å². The Morgan fingerprint density at radius 2 is 2.03 bits per heavy atom. The summed E-state index contributed by atoms with van der Waals surface area (Å²) in [6, 6.07) is 3.55. The largest absolute Gasteiger partial charge is 0.591 e. The van der Waals surface area contributed by atoms with Crippen LogP contribution in [0.15, 0.2) is 27.2 Å². The predicted molar refractivity (Wildman–Crippen MR) is 146 cm³/mol. The maximum Gasteiger partial charge on any atom is 0.416 e. The van der Waals surface area contributed by atoms with Crippen LogP contribution in [0.4, 0.5) is 10.6 Å². The Morgan fingerprint density at radius 1 is 1.33 bits per heavy atom. The first kappa shape index (κ1) is 26.9. The summed E-state index contributed by atoms with van der Waals surface area (Å²) >= 11 is 6.53. The molecule has 1 unspecified atom stereocenters. The maximum atomic E-state index is 13.3. The second-order valence-electron chi connectivity index (χ2n) is 10.9. The van der Waals surface area contributed by atoms with Crippen LogP contribution in [-0.4, -0.2) is 37.2 Å². The van der Waals surface area contributed by atoms with E-state index in [9.17, 15) is 9.35 Å². The second kappa shape index (κ2) is 9.63. The molecule has 8 nitrogen and oxygen atoms in total. The van der Waals surface area contributed by atoms with E-state index in [0.717, 1.165) is 28.0 Å². The Bertz CT molecular complexity index is 1290. The summed E-state index contributed by atoms with van der Waals surface area (Å²) in [5, 5.41) is 0.0327. The van der Waals surface area contributed by atoms with Crippen molar-refractivity contribution in [2.24, 2.45) is 4.40 Å². The number of nitrogens with zero attached hydrogens (tertiary/aromatic N) is 4. The first-order valence-corrected chi connectivity index (χ1v) is 14.0. The summed E-state index contributed by atoms with van der Waals surface area (Å²) in [4.78, 5) is 24.8. The SMILES string of the molecule is Cc1c(C2(C=N[S+]([O-])C(C)(C)C)CC2)sc2c(N(Cc3ccco3)C(=O)OC(C)(C)C)nc(Cl)nc12. The van der Waals surface area contributed by atoms with E-state index in [1.54, 1.807) is 18.4 Å². The van der Waals surface area contributed by atoms with E-state index >= 15 is 0 Å².